The Morgan fingerprint density at radius 3 is 2.53 bits per heavy atom. The molecule has 0 aliphatic heterocycles. The van der Waals surface area contributed by atoms with Crippen LogP contribution in [0.5, 0.6) is 0 Å². The lowest BCUT2D eigenvalue weighted by molar-refractivity contribution is 0.658. The fraction of sp³-hybridized carbons (Fsp3) is 0.0833. The molecule has 0 atom stereocenters. The highest BCUT2D eigenvalue weighted by Crippen LogP contribution is 2.22. The Hall–Kier alpha value is -3.42. The molecule has 8 heteroatoms. The zero-order valence-electron chi connectivity index (χ0n) is 16.8. The molecule has 6 nitrogen and oxygen atoms in total. The minimum atomic E-state index is -0.207. The molecule has 0 radical (unpaired) electrons. The fourth-order valence-electron chi connectivity index (χ4n) is 3.50. The van der Waals surface area contributed by atoms with E-state index in [9.17, 15) is 9.59 Å². The lowest BCUT2D eigenvalue weighted by Gasteiger charge is -2.13. The van der Waals surface area contributed by atoms with Gasteiger partial charge in [0.1, 0.15) is 5.65 Å². The molecule has 0 aliphatic rings. The molecular weight excluding hydrogens is 444 g/mol. The van der Waals surface area contributed by atoms with Gasteiger partial charge in [0.2, 0.25) is 0 Å². The van der Waals surface area contributed by atoms with Crippen LogP contribution in [0.3, 0.4) is 0 Å². The lowest BCUT2D eigenvalue weighted by Crippen LogP contribution is -2.24. The fourth-order valence-corrected chi connectivity index (χ4v) is 4.55. The van der Waals surface area contributed by atoms with E-state index < -0.39 is 0 Å². The molecule has 3 aromatic heterocycles. The van der Waals surface area contributed by atoms with Crippen molar-refractivity contribution in [2.24, 2.45) is 0 Å². The van der Waals surface area contributed by atoms with Gasteiger partial charge in [0.15, 0.2) is 5.16 Å². The van der Waals surface area contributed by atoms with Gasteiger partial charge in [0.25, 0.3) is 11.1 Å². The van der Waals surface area contributed by atoms with Crippen molar-refractivity contribution in [3.63, 3.8) is 0 Å². The zero-order chi connectivity index (χ0) is 22.1. The molecule has 32 heavy (non-hydrogen) atoms. The summed E-state index contributed by atoms with van der Waals surface area (Å²) in [5.41, 5.74) is 2.48. The van der Waals surface area contributed by atoms with Gasteiger partial charge in [0.05, 0.1) is 28.2 Å². The van der Waals surface area contributed by atoms with Crippen LogP contribution in [-0.4, -0.2) is 18.9 Å². The minimum Gasteiger partial charge on any atom is -0.283 e. The monoisotopic (exact) mass is 460 g/mol. The predicted molar refractivity (Wildman–Crippen MR) is 128 cm³/mol. The first-order valence-corrected chi connectivity index (χ1v) is 11.3. The van der Waals surface area contributed by atoms with Gasteiger partial charge in [-0.25, -0.2) is 9.97 Å². The smallest absolute Gasteiger partial charge is 0.262 e. The third-order valence-corrected chi connectivity index (χ3v) is 6.27. The third-order valence-electron chi connectivity index (χ3n) is 5.04. The van der Waals surface area contributed by atoms with Gasteiger partial charge >= 0.3 is 0 Å². The second-order valence-corrected chi connectivity index (χ2v) is 8.62. The van der Waals surface area contributed by atoms with E-state index in [0.29, 0.717) is 44.7 Å². The van der Waals surface area contributed by atoms with Crippen LogP contribution in [0.2, 0.25) is 5.02 Å². The van der Waals surface area contributed by atoms with Crippen LogP contribution in [0.15, 0.2) is 93.7 Å². The van der Waals surface area contributed by atoms with Crippen LogP contribution in [-0.2, 0) is 12.3 Å². The van der Waals surface area contributed by atoms with E-state index in [1.54, 1.807) is 29.0 Å². The number of fused-ring (bicyclic) bond motifs is 2. The van der Waals surface area contributed by atoms with Crippen molar-refractivity contribution in [2.45, 2.75) is 17.5 Å². The summed E-state index contributed by atoms with van der Waals surface area (Å²) < 4.78 is 3.09. The van der Waals surface area contributed by atoms with Crippen LogP contribution in [0, 0.1) is 0 Å². The quantitative estimate of drug-likeness (QED) is 0.287. The molecule has 0 amide bonds. The number of thioether (sulfide) groups is 1. The summed E-state index contributed by atoms with van der Waals surface area (Å²) in [6, 6.07) is 22.0. The number of hydrogen-bond donors (Lipinski definition) is 0. The van der Waals surface area contributed by atoms with Crippen molar-refractivity contribution in [2.75, 3.05) is 0 Å². The molecule has 0 aliphatic carbocycles. The molecule has 0 saturated carbocycles. The summed E-state index contributed by atoms with van der Waals surface area (Å²) in [6.45, 7) is 0.409. The Morgan fingerprint density at radius 1 is 0.906 bits per heavy atom. The maximum atomic E-state index is 13.3. The highest BCUT2D eigenvalue weighted by Gasteiger charge is 2.13. The molecule has 158 valence electrons. The number of para-hydroxylation sites is 1. The Morgan fingerprint density at radius 2 is 1.69 bits per heavy atom. The Bertz CT molecular complexity index is 1560. The molecule has 5 aromatic rings. The molecule has 5 rings (SSSR count). The minimum absolute atomic E-state index is 0.0943. The highest BCUT2D eigenvalue weighted by molar-refractivity contribution is 7.98. The summed E-state index contributed by atoms with van der Waals surface area (Å²) in [5.74, 6) is 0.397. The maximum Gasteiger partial charge on any atom is 0.262 e. The van der Waals surface area contributed by atoms with Crippen LogP contribution in [0.4, 0.5) is 0 Å². The van der Waals surface area contributed by atoms with Crippen molar-refractivity contribution in [1.29, 1.82) is 0 Å². The van der Waals surface area contributed by atoms with Crippen molar-refractivity contribution in [3.8, 4) is 0 Å². The van der Waals surface area contributed by atoms with Crippen molar-refractivity contribution >= 4 is 39.9 Å². The van der Waals surface area contributed by atoms with Crippen molar-refractivity contribution < 1.29 is 0 Å². The number of benzene rings is 2. The van der Waals surface area contributed by atoms with Crippen LogP contribution >= 0.6 is 23.4 Å². The van der Waals surface area contributed by atoms with E-state index >= 15 is 0 Å². The van der Waals surface area contributed by atoms with E-state index in [1.165, 1.54) is 22.2 Å². The standard InChI is InChI=1S/C24H17ClN4O2S/c25-17-10-11-21-26-18(12-22(30)28(21)14-17)15-32-24-27-20-9-5-4-8-19(20)23(31)29(24)13-16-6-2-1-3-7-16/h1-12,14H,13,15H2. The number of aromatic nitrogens is 4. The van der Waals surface area contributed by atoms with Gasteiger partial charge in [0, 0.05) is 18.0 Å². The van der Waals surface area contributed by atoms with E-state index in [1.807, 2.05) is 48.5 Å². The summed E-state index contributed by atoms with van der Waals surface area (Å²) in [7, 11) is 0. The number of rotatable bonds is 5. The number of hydrogen-bond acceptors (Lipinski definition) is 5. The third kappa shape index (κ3) is 4.04. The molecule has 0 fully saturated rings. The zero-order valence-corrected chi connectivity index (χ0v) is 18.4. The van der Waals surface area contributed by atoms with Crippen LogP contribution in [0.25, 0.3) is 16.6 Å². The SMILES string of the molecule is O=c1c2ccccc2nc(SCc2cc(=O)n3cc(Cl)ccc3n2)n1Cc1ccccc1. The molecule has 0 bridgehead atoms. The van der Waals surface area contributed by atoms with E-state index in [-0.39, 0.29) is 11.1 Å². The number of pyridine rings is 1. The summed E-state index contributed by atoms with van der Waals surface area (Å²) in [6.07, 6.45) is 1.55. The summed E-state index contributed by atoms with van der Waals surface area (Å²) in [4.78, 5) is 35.0. The predicted octanol–water partition coefficient (Wildman–Crippen LogP) is 4.40. The molecule has 2 aromatic carbocycles. The van der Waals surface area contributed by atoms with E-state index in [4.69, 9.17) is 16.6 Å². The van der Waals surface area contributed by atoms with Crippen LogP contribution in [0.1, 0.15) is 11.3 Å². The normalized spacial score (nSPS) is 11.3. The van der Waals surface area contributed by atoms with Gasteiger partial charge in [-0.15, -0.1) is 0 Å². The van der Waals surface area contributed by atoms with Gasteiger partial charge in [-0.3, -0.25) is 18.6 Å². The Labute approximate surface area is 192 Å². The van der Waals surface area contributed by atoms with Crippen LogP contribution < -0.4 is 11.1 Å². The topological polar surface area (TPSA) is 69.3 Å². The second kappa shape index (κ2) is 8.61. The second-order valence-electron chi connectivity index (χ2n) is 7.24. The van der Waals surface area contributed by atoms with E-state index in [2.05, 4.69) is 4.98 Å². The first kappa shape index (κ1) is 20.5. The Balaban J connectivity index is 1.54. The number of halogens is 1. The maximum absolute atomic E-state index is 13.3. The molecular formula is C24H17ClN4O2S. The van der Waals surface area contributed by atoms with Gasteiger partial charge in [-0.1, -0.05) is 65.8 Å². The van der Waals surface area contributed by atoms with Gasteiger partial charge in [-0.05, 0) is 29.8 Å². The summed E-state index contributed by atoms with van der Waals surface area (Å²) in [5, 5.41) is 1.62. The molecule has 3 heterocycles. The highest BCUT2D eigenvalue weighted by atomic mass is 35.5. The number of nitrogens with zero attached hydrogens (tertiary/aromatic N) is 4. The Kier molecular flexibility index (Phi) is 5.51. The average molecular weight is 461 g/mol. The lowest BCUT2D eigenvalue weighted by atomic mass is 10.2. The van der Waals surface area contributed by atoms with E-state index in [0.717, 1.165) is 5.56 Å². The molecule has 0 unspecified atom stereocenters. The van der Waals surface area contributed by atoms with Gasteiger partial charge in [-0.2, -0.15) is 0 Å². The molecule has 0 spiro atoms. The van der Waals surface area contributed by atoms with Crippen molar-refractivity contribution in [1.82, 2.24) is 18.9 Å². The average Bonchev–Trinajstić information content (AvgIpc) is 2.81. The molecule has 0 saturated heterocycles. The van der Waals surface area contributed by atoms with Crippen molar-refractivity contribution in [3.05, 3.63) is 116 Å². The first-order valence-electron chi connectivity index (χ1n) is 9.93. The largest absolute Gasteiger partial charge is 0.283 e. The summed E-state index contributed by atoms with van der Waals surface area (Å²) >= 11 is 7.37. The van der Waals surface area contributed by atoms with Gasteiger partial charge < -0.3 is 0 Å². The first-order chi connectivity index (χ1) is 15.6. The molecule has 0 N–H and O–H groups in total.